The molecule has 5 aliphatic rings. The summed E-state index contributed by atoms with van der Waals surface area (Å²) in [6.07, 6.45) is 12.6. The highest BCUT2D eigenvalue weighted by molar-refractivity contribution is 6.39. The monoisotopic (exact) mass is 1050 g/mol. The fraction of sp³-hybridized carbons (Fsp3) is 0.724. The maximum Gasteiger partial charge on any atom is 0.423 e. The minimum Gasteiger partial charge on any atom is -0.460 e. The first-order valence-electron chi connectivity index (χ1n) is 27.5. The topological polar surface area (TPSA) is 230 Å². The number of methoxy groups -OCH3 is 1. The number of allylic oxidation sites excluding steroid dienone is 6. The Morgan fingerprint density at radius 1 is 0.853 bits per heavy atom. The molecule has 0 radical (unpaired) electrons. The van der Waals surface area contributed by atoms with E-state index in [2.05, 4.69) is 6.92 Å². The van der Waals surface area contributed by atoms with Crippen LogP contribution >= 0.6 is 0 Å². The lowest BCUT2D eigenvalue weighted by molar-refractivity contribution is -0.265. The first kappa shape index (κ1) is 61.2. The second-order valence-corrected chi connectivity index (χ2v) is 22.5. The van der Waals surface area contributed by atoms with Gasteiger partial charge in [-0.1, -0.05) is 84.9 Å². The molecule has 0 aromatic rings. The highest BCUT2D eigenvalue weighted by Crippen LogP contribution is 2.39. The smallest absolute Gasteiger partial charge is 0.423 e. The van der Waals surface area contributed by atoms with E-state index < -0.39 is 89.6 Å². The Hall–Kier alpha value is -4.68. The van der Waals surface area contributed by atoms with Crippen molar-refractivity contribution in [2.24, 2.45) is 47.3 Å². The van der Waals surface area contributed by atoms with E-state index in [-0.39, 0.29) is 92.7 Å². The predicted molar refractivity (Wildman–Crippen MR) is 278 cm³/mol. The zero-order valence-electron chi connectivity index (χ0n) is 46.2. The lowest BCUT2D eigenvalue weighted by Crippen LogP contribution is -2.61. The predicted octanol–water partition coefficient (Wildman–Crippen LogP) is 7.73. The van der Waals surface area contributed by atoms with Crippen LogP contribution in [0.2, 0.25) is 0 Å². The molecule has 2 unspecified atom stereocenters. The number of rotatable bonds is 8. The van der Waals surface area contributed by atoms with E-state index in [0.717, 1.165) is 18.4 Å². The number of amides is 4. The van der Waals surface area contributed by atoms with Gasteiger partial charge in [0, 0.05) is 63.0 Å². The summed E-state index contributed by atoms with van der Waals surface area (Å²) < 4.78 is 29.6. The van der Waals surface area contributed by atoms with Gasteiger partial charge in [-0.05, 0) is 113 Å². The number of aliphatic hydroxyl groups excluding tert-OH is 1. The van der Waals surface area contributed by atoms with Crippen LogP contribution < -0.4 is 0 Å². The highest BCUT2D eigenvalue weighted by Gasteiger charge is 2.53. The molecule has 5 rings (SSSR count). The quantitative estimate of drug-likeness (QED) is 0.0779. The molecule has 17 heteroatoms. The zero-order valence-corrected chi connectivity index (χ0v) is 46.2. The summed E-state index contributed by atoms with van der Waals surface area (Å²) in [5, 5.41) is 23.5. The van der Waals surface area contributed by atoms with E-state index in [9.17, 15) is 48.6 Å². The Kier molecular flexibility index (Phi) is 22.9. The zero-order chi connectivity index (χ0) is 55.3. The van der Waals surface area contributed by atoms with Crippen LogP contribution in [0, 0.1) is 47.3 Å². The second kappa shape index (κ2) is 28.1. The summed E-state index contributed by atoms with van der Waals surface area (Å²) in [5.74, 6) is -9.49. The van der Waals surface area contributed by atoms with Gasteiger partial charge in [0.2, 0.25) is 17.6 Å². The van der Waals surface area contributed by atoms with E-state index in [1.807, 2.05) is 58.1 Å². The minimum atomic E-state index is -2.45. The molecule has 0 aromatic carbocycles. The average molecular weight is 1050 g/mol. The van der Waals surface area contributed by atoms with E-state index in [0.29, 0.717) is 61.8 Å². The number of cyclic esters (lactones) is 1. The number of ketones is 3. The SMILES string of the molecule is CO[C@H]1C[C@@H]2CC[C@@H](C)[C@@](O)(O2)C(=O)C(=O)N2CCCC[C@H]2C(=O)O[C@H]([C@H](C)C[C@@H]2CCC(OCCOC(=O)N3C(=O)CCC3=O)[C@H](C)C2)CC(=O)[C@H](C)/C=C(\C)[C@@H](O)C(C)C(=O)[C@H](C)C[C@H](C)/C=C/C=CC=C1C. The lowest BCUT2D eigenvalue weighted by Gasteiger charge is -2.42. The number of aliphatic hydroxyl groups is 2. The van der Waals surface area contributed by atoms with Crippen molar-refractivity contribution in [3.63, 3.8) is 0 Å². The van der Waals surface area contributed by atoms with E-state index in [1.54, 1.807) is 40.9 Å². The number of likely N-dealkylation sites (tertiary alicyclic amines) is 1. The van der Waals surface area contributed by atoms with Gasteiger partial charge in [-0.25, -0.2) is 9.59 Å². The van der Waals surface area contributed by atoms with Crippen molar-refractivity contribution in [2.45, 2.75) is 195 Å². The molecule has 4 amide bonds. The number of esters is 1. The molecular formula is C58H86N2O15. The number of carbonyl (C=O) groups is 8. The molecule has 418 valence electrons. The van der Waals surface area contributed by atoms with Crippen molar-refractivity contribution >= 4 is 47.1 Å². The van der Waals surface area contributed by atoms with Crippen molar-refractivity contribution < 1.29 is 72.3 Å². The van der Waals surface area contributed by atoms with Crippen molar-refractivity contribution in [1.82, 2.24) is 9.80 Å². The van der Waals surface area contributed by atoms with Gasteiger partial charge in [-0.3, -0.25) is 28.8 Å². The average Bonchev–Trinajstić information content (AvgIpc) is 3.72. The van der Waals surface area contributed by atoms with Crippen LogP contribution in [0.1, 0.15) is 152 Å². The lowest BCUT2D eigenvalue weighted by atomic mass is 9.75. The van der Waals surface area contributed by atoms with Crippen molar-refractivity contribution in [3.05, 3.63) is 47.6 Å². The van der Waals surface area contributed by atoms with E-state index >= 15 is 0 Å². The third kappa shape index (κ3) is 16.2. The van der Waals surface area contributed by atoms with Crippen LogP contribution in [0.25, 0.3) is 0 Å². The fourth-order valence-electron chi connectivity index (χ4n) is 11.6. The maximum absolute atomic E-state index is 14.5. The number of Topliss-reactive ketones (excluding diaryl/α,β-unsaturated/α-hetero) is 3. The highest BCUT2D eigenvalue weighted by atomic mass is 16.6. The molecule has 1 saturated carbocycles. The number of imide groups is 3. The normalized spacial score (nSPS) is 36.5. The number of fused-ring (bicyclic) bond motifs is 3. The van der Waals surface area contributed by atoms with Gasteiger partial charge in [0.05, 0.1) is 31.0 Å². The van der Waals surface area contributed by atoms with Crippen LogP contribution in [0.5, 0.6) is 0 Å². The molecule has 75 heavy (non-hydrogen) atoms. The van der Waals surface area contributed by atoms with Gasteiger partial charge in [0.25, 0.3) is 11.7 Å². The first-order valence-corrected chi connectivity index (χ1v) is 27.5. The van der Waals surface area contributed by atoms with E-state index in [4.69, 9.17) is 23.7 Å². The number of hydrogen-bond acceptors (Lipinski definition) is 15. The molecule has 1 aliphatic carbocycles. The Labute approximate surface area is 444 Å². The third-order valence-electron chi connectivity index (χ3n) is 16.5. The number of carbonyl (C=O) groups excluding carboxylic acids is 8. The van der Waals surface area contributed by atoms with Crippen LogP contribution in [0.15, 0.2) is 47.6 Å². The Bertz CT molecular complexity index is 2170. The molecule has 15 atom stereocenters. The van der Waals surface area contributed by atoms with Crippen LogP contribution in [-0.4, -0.2) is 136 Å². The number of nitrogens with zero attached hydrogens (tertiary/aromatic N) is 2. The number of ether oxygens (including phenoxy) is 5. The molecular weight excluding hydrogens is 965 g/mol. The molecule has 2 N–H and O–H groups in total. The molecule has 4 heterocycles. The van der Waals surface area contributed by atoms with Crippen molar-refractivity contribution in [1.29, 1.82) is 0 Å². The van der Waals surface area contributed by atoms with Gasteiger partial charge >= 0.3 is 12.1 Å². The number of piperidine rings is 1. The van der Waals surface area contributed by atoms with Gasteiger partial charge in [-0.15, -0.1) is 0 Å². The van der Waals surface area contributed by atoms with Crippen molar-refractivity contribution in [2.75, 3.05) is 26.9 Å². The van der Waals surface area contributed by atoms with Crippen LogP contribution in [0.4, 0.5) is 4.79 Å². The first-order chi connectivity index (χ1) is 35.5. The Morgan fingerprint density at radius 2 is 1.56 bits per heavy atom. The third-order valence-corrected chi connectivity index (χ3v) is 16.5. The summed E-state index contributed by atoms with van der Waals surface area (Å²) in [7, 11) is 1.57. The summed E-state index contributed by atoms with van der Waals surface area (Å²) in [6, 6.07) is -1.16. The van der Waals surface area contributed by atoms with Crippen molar-refractivity contribution in [3.8, 4) is 0 Å². The van der Waals surface area contributed by atoms with Gasteiger partial charge in [0.1, 0.15) is 30.3 Å². The molecule has 4 fully saturated rings. The summed E-state index contributed by atoms with van der Waals surface area (Å²) in [5.41, 5.74) is 1.35. The molecule has 4 aliphatic heterocycles. The van der Waals surface area contributed by atoms with Gasteiger partial charge in [-0.2, -0.15) is 4.90 Å². The molecule has 0 aromatic heterocycles. The summed E-state index contributed by atoms with van der Waals surface area (Å²) in [6.45, 7) is 16.6. The molecule has 0 spiro atoms. The second-order valence-electron chi connectivity index (χ2n) is 22.5. The fourth-order valence-corrected chi connectivity index (χ4v) is 11.6. The summed E-state index contributed by atoms with van der Waals surface area (Å²) >= 11 is 0. The Morgan fingerprint density at radius 3 is 2.24 bits per heavy atom. The minimum absolute atomic E-state index is 0.0239. The largest absolute Gasteiger partial charge is 0.460 e. The van der Waals surface area contributed by atoms with E-state index in [1.165, 1.54) is 4.90 Å². The Balaban J connectivity index is 1.37. The molecule has 17 nitrogen and oxygen atoms in total. The molecule has 2 bridgehead atoms. The maximum atomic E-state index is 14.5. The van der Waals surface area contributed by atoms with Crippen LogP contribution in [-0.2, 0) is 57.2 Å². The van der Waals surface area contributed by atoms with Crippen LogP contribution in [0.3, 0.4) is 0 Å². The number of hydrogen-bond donors (Lipinski definition) is 2. The van der Waals surface area contributed by atoms with Gasteiger partial charge in [0.15, 0.2) is 0 Å². The standard InChI is InChI=1S/C58H86N2O15/c1-34-16-12-11-13-17-35(2)48(71-10)32-44-21-19-41(8)58(70,75-44)54(66)55(67)59-25-15-14-18-45(59)56(68)74-49(33-46(61)36(3)29-40(7)53(65)42(9)52(64)39(6)28-34)38(5)31-43-20-22-47(37(4)30-43)72-26-27-73-57(69)60-50(62)23-24-51(60)63/h11-13,16-17,29,34,36-39,41-45,47-49,53,65,70H,14-15,18-28,30-33H2,1-10H3/b13-11?,16-12+,35-17?,40-29+/t34-,36-,37-,38-,39-,41-,42?,43-,44+,45+,47?,48+,49+,53-,58-/m1/s1. The summed E-state index contributed by atoms with van der Waals surface area (Å²) in [4.78, 5) is 109. The molecule has 3 saturated heterocycles. The van der Waals surface area contributed by atoms with Gasteiger partial charge < -0.3 is 38.8 Å².